The number of hydrogen-bond acceptors (Lipinski definition) is 6. The van der Waals surface area contributed by atoms with Crippen molar-refractivity contribution in [1.29, 1.82) is 0 Å². The number of nitrogens with one attached hydrogen (secondary N) is 2. The Kier molecular flexibility index (Phi) is 6.27. The molecule has 2 N–H and O–H groups in total. The van der Waals surface area contributed by atoms with E-state index in [1.54, 1.807) is 17.8 Å². The van der Waals surface area contributed by atoms with Crippen molar-refractivity contribution in [1.82, 2.24) is 24.9 Å². The molecule has 11 heteroatoms. The Labute approximate surface area is 155 Å². The molecule has 0 saturated carbocycles. The van der Waals surface area contributed by atoms with Gasteiger partial charge in [-0.25, -0.2) is 0 Å². The second-order valence-corrected chi connectivity index (χ2v) is 5.99. The molecule has 0 fully saturated rings. The lowest BCUT2D eigenvalue weighted by Gasteiger charge is -2.13. The zero-order valence-corrected chi connectivity index (χ0v) is 15.7. The van der Waals surface area contributed by atoms with Gasteiger partial charge in [0.05, 0.1) is 10.6 Å². The number of amides is 2. The predicted octanol–water partition coefficient (Wildman–Crippen LogP) is 1.66. The van der Waals surface area contributed by atoms with Gasteiger partial charge in [-0.2, -0.15) is 10.2 Å². The van der Waals surface area contributed by atoms with Gasteiger partial charge in [-0.1, -0.05) is 6.92 Å². The van der Waals surface area contributed by atoms with Crippen LogP contribution in [0.5, 0.6) is 0 Å². The first-order valence-electron chi connectivity index (χ1n) is 8.65. The number of aryl methyl sites for hydroxylation is 1. The number of rotatable bonds is 8. The maximum Gasteiger partial charge on any atom is 0.309 e. The summed E-state index contributed by atoms with van der Waals surface area (Å²) in [5.74, 6) is -0.839. The second-order valence-electron chi connectivity index (χ2n) is 5.99. The minimum Gasteiger partial charge on any atom is -0.351 e. The molecule has 0 aromatic carbocycles. The van der Waals surface area contributed by atoms with Crippen LogP contribution in [0.1, 0.15) is 49.4 Å². The van der Waals surface area contributed by atoms with E-state index in [-0.39, 0.29) is 28.7 Å². The highest BCUT2D eigenvalue weighted by Gasteiger charge is 2.25. The number of carbonyl (C=O) groups excluding carboxylic acids is 2. The Morgan fingerprint density at radius 3 is 2.63 bits per heavy atom. The summed E-state index contributed by atoms with van der Waals surface area (Å²) < 4.78 is 2.82. The van der Waals surface area contributed by atoms with Crippen LogP contribution in [0.3, 0.4) is 0 Å². The topological polar surface area (TPSA) is 137 Å². The number of carbonyl (C=O) groups is 2. The Bertz CT molecular complexity index is 855. The van der Waals surface area contributed by atoms with Gasteiger partial charge in [0.2, 0.25) is 5.91 Å². The molecule has 146 valence electrons. The maximum absolute atomic E-state index is 12.6. The van der Waals surface area contributed by atoms with Crippen LogP contribution in [0.15, 0.2) is 12.4 Å². The molecule has 2 rings (SSSR count). The zero-order valence-electron chi connectivity index (χ0n) is 15.7. The zero-order chi connectivity index (χ0) is 20.1. The molecular weight excluding hydrogens is 354 g/mol. The minimum atomic E-state index is -0.810. The summed E-state index contributed by atoms with van der Waals surface area (Å²) in [6, 6.07) is -0.810. The van der Waals surface area contributed by atoms with E-state index in [0.29, 0.717) is 13.1 Å². The summed E-state index contributed by atoms with van der Waals surface area (Å²) in [5, 5.41) is 24.5. The highest BCUT2D eigenvalue weighted by molar-refractivity contribution is 6.03. The third-order valence-corrected chi connectivity index (χ3v) is 4.06. The van der Waals surface area contributed by atoms with Crippen LogP contribution in [0.2, 0.25) is 0 Å². The average Bonchev–Trinajstić information content (AvgIpc) is 3.22. The molecule has 2 aromatic rings. The van der Waals surface area contributed by atoms with Crippen LogP contribution >= 0.6 is 0 Å². The van der Waals surface area contributed by atoms with Crippen molar-refractivity contribution >= 4 is 23.2 Å². The normalized spacial score (nSPS) is 11.9. The van der Waals surface area contributed by atoms with Gasteiger partial charge in [0.15, 0.2) is 5.69 Å². The number of anilines is 1. The molecule has 0 saturated heterocycles. The van der Waals surface area contributed by atoms with Crippen LogP contribution in [0.25, 0.3) is 0 Å². The monoisotopic (exact) mass is 377 g/mol. The Balaban J connectivity index is 2.23. The standard InChI is InChI=1S/C16H23N7O4/c1-5-7-17-16(25)14-12(9-21(6-2)20-14)19-15(24)11(4)22-10(3)13(8-18-22)23(26)27/h8-9,11H,5-7H2,1-4H3,(H,17,25)(H,19,24). The van der Waals surface area contributed by atoms with E-state index < -0.39 is 16.9 Å². The van der Waals surface area contributed by atoms with Gasteiger partial charge in [0.1, 0.15) is 17.9 Å². The molecule has 0 aliphatic carbocycles. The molecule has 0 aliphatic rings. The fraction of sp³-hybridized carbons (Fsp3) is 0.500. The van der Waals surface area contributed by atoms with Crippen LogP contribution in [-0.4, -0.2) is 42.8 Å². The second kappa shape index (κ2) is 8.43. The first-order valence-corrected chi connectivity index (χ1v) is 8.65. The fourth-order valence-corrected chi connectivity index (χ4v) is 2.50. The van der Waals surface area contributed by atoms with E-state index in [9.17, 15) is 19.7 Å². The average molecular weight is 377 g/mol. The van der Waals surface area contributed by atoms with Gasteiger partial charge in [-0.05, 0) is 27.2 Å². The van der Waals surface area contributed by atoms with Crippen LogP contribution < -0.4 is 10.6 Å². The van der Waals surface area contributed by atoms with Crippen LogP contribution in [0.4, 0.5) is 11.4 Å². The van der Waals surface area contributed by atoms with Crippen molar-refractivity contribution in [2.75, 3.05) is 11.9 Å². The maximum atomic E-state index is 12.6. The van der Waals surface area contributed by atoms with E-state index in [1.165, 1.54) is 11.6 Å². The van der Waals surface area contributed by atoms with Crippen molar-refractivity contribution in [2.24, 2.45) is 0 Å². The molecular formula is C16H23N7O4. The number of aromatic nitrogens is 4. The fourth-order valence-electron chi connectivity index (χ4n) is 2.50. The number of nitro groups is 1. The van der Waals surface area contributed by atoms with Crippen molar-refractivity contribution in [3.05, 3.63) is 33.9 Å². The highest BCUT2D eigenvalue weighted by Crippen LogP contribution is 2.22. The van der Waals surface area contributed by atoms with Gasteiger partial charge in [-0.15, -0.1) is 0 Å². The first kappa shape index (κ1) is 20.1. The molecule has 1 atom stereocenters. The molecule has 0 radical (unpaired) electrons. The molecule has 0 bridgehead atoms. The molecule has 1 unspecified atom stereocenters. The van der Waals surface area contributed by atoms with Crippen molar-refractivity contribution in [2.45, 2.75) is 46.7 Å². The molecule has 2 aromatic heterocycles. The Morgan fingerprint density at radius 1 is 1.37 bits per heavy atom. The number of nitrogens with zero attached hydrogens (tertiary/aromatic N) is 5. The number of hydrogen-bond donors (Lipinski definition) is 2. The lowest BCUT2D eigenvalue weighted by atomic mass is 10.2. The minimum absolute atomic E-state index is 0.119. The summed E-state index contributed by atoms with van der Waals surface area (Å²) in [4.78, 5) is 35.3. The quantitative estimate of drug-likeness (QED) is 0.530. The molecule has 0 spiro atoms. The van der Waals surface area contributed by atoms with Crippen molar-refractivity contribution in [3.63, 3.8) is 0 Å². The SMILES string of the molecule is CCCNC(=O)c1nn(CC)cc1NC(=O)C(C)n1ncc([N+](=O)[O-])c1C. The summed E-state index contributed by atoms with van der Waals surface area (Å²) in [5.41, 5.74) is 0.511. The third kappa shape index (κ3) is 4.30. The van der Waals surface area contributed by atoms with E-state index in [1.807, 2.05) is 13.8 Å². The lowest BCUT2D eigenvalue weighted by Crippen LogP contribution is -2.28. The van der Waals surface area contributed by atoms with E-state index in [4.69, 9.17) is 0 Å². The van der Waals surface area contributed by atoms with Crippen molar-refractivity contribution in [3.8, 4) is 0 Å². The van der Waals surface area contributed by atoms with Crippen LogP contribution in [0, 0.1) is 17.0 Å². The van der Waals surface area contributed by atoms with Crippen molar-refractivity contribution < 1.29 is 14.5 Å². The van der Waals surface area contributed by atoms with Gasteiger partial charge >= 0.3 is 5.69 Å². The highest BCUT2D eigenvalue weighted by atomic mass is 16.6. The predicted molar refractivity (Wildman–Crippen MR) is 97.5 cm³/mol. The van der Waals surface area contributed by atoms with E-state index in [0.717, 1.165) is 12.6 Å². The van der Waals surface area contributed by atoms with Gasteiger partial charge in [0.25, 0.3) is 5.91 Å². The molecule has 11 nitrogen and oxygen atoms in total. The van der Waals surface area contributed by atoms with Crippen LogP contribution in [-0.2, 0) is 11.3 Å². The summed E-state index contributed by atoms with van der Waals surface area (Å²) in [6.07, 6.45) is 3.46. The van der Waals surface area contributed by atoms with E-state index in [2.05, 4.69) is 20.8 Å². The third-order valence-electron chi connectivity index (χ3n) is 4.06. The molecule has 2 amide bonds. The van der Waals surface area contributed by atoms with Gasteiger partial charge in [0, 0.05) is 19.3 Å². The van der Waals surface area contributed by atoms with Gasteiger partial charge in [-0.3, -0.25) is 29.1 Å². The Morgan fingerprint density at radius 2 is 2.07 bits per heavy atom. The molecule has 27 heavy (non-hydrogen) atoms. The first-order chi connectivity index (χ1) is 12.8. The lowest BCUT2D eigenvalue weighted by molar-refractivity contribution is -0.385. The summed E-state index contributed by atoms with van der Waals surface area (Å²) in [7, 11) is 0. The largest absolute Gasteiger partial charge is 0.351 e. The molecule has 2 heterocycles. The summed E-state index contributed by atoms with van der Waals surface area (Å²) >= 11 is 0. The Hall–Kier alpha value is -3.24. The van der Waals surface area contributed by atoms with Gasteiger partial charge < -0.3 is 10.6 Å². The van der Waals surface area contributed by atoms with E-state index >= 15 is 0 Å². The summed E-state index contributed by atoms with van der Waals surface area (Å²) in [6.45, 7) is 7.91. The smallest absolute Gasteiger partial charge is 0.309 e. The molecule has 0 aliphatic heterocycles.